The zero-order valence-electron chi connectivity index (χ0n) is 43.0. The van der Waals surface area contributed by atoms with Crippen LogP contribution < -0.4 is 63.7 Å². The summed E-state index contributed by atoms with van der Waals surface area (Å²) in [5, 5.41) is 16.9. The molecule has 0 fully saturated rings. The van der Waals surface area contributed by atoms with E-state index in [1.807, 2.05) is 0 Å². The van der Waals surface area contributed by atoms with Crippen molar-refractivity contribution in [2.45, 2.75) is 0 Å². The van der Waals surface area contributed by atoms with E-state index in [4.69, 9.17) is 38.1 Å². The summed E-state index contributed by atoms with van der Waals surface area (Å²) in [6, 6.07) is 121. The summed E-state index contributed by atoms with van der Waals surface area (Å²) >= 11 is -0.211. The fraction of sp³-hybridized carbons (Fsp3) is 0. The van der Waals surface area contributed by atoms with Crippen molar-refractivity contribution < 1.29 is 66.0 Å². The molecule has 0 nitrogen and oxygen atoms in total. The molecule has 0 bridgehead atoms. The summed E-state index contributed by atoms with van der Waals surface area (Å²) in [4.78, 5) is 0. The van der Waals surface area contributed by atoms with E-state index < -0.39 is 31.7 Å². The quantitative estimate of drug-likeness (QED) is 0.0650. The first-order valence-corrected chi connectivity index (χ1v) is 38.1. The number of rotatable bonds is 12. The Balaban J connectivity index is 0.000000188. The van der Waals surface area contributed by atoms with Crippen LogP contribution in [0.2, 0.25) is 0 Å². The molecule has 12 rings (SSSR count). The Morgan fingerprint density at radius 1 is 0.200 bits per heavy atom. The molecule has 412 valence electrons. The second-order valence-corrected chi connectivity index (χ2v) is 30.3. The van der Waals surface area contributed by atoms with Crippen LogP contribution in [0.3, 0.4) is 0 Å². The number of halogens is 4. The summed E-state index contributed by atoms with van der Waals surface area (Å²) < 4.78 is 0. The van der Waals surface area contributed by atoms with Gasteiger partial charge in [-0.15, -0.1) is 0 Å². The van der Waals surface area contributed by atoms with Crippen LogP contribution in [0.4, 0.5) is 0 Å². The minimum atomic E-state index is -0.409. The normalized spacial score (nSPS) is 10.2. The summed E-state index contributed by atoms with van der Waals surface area (Å²) in [5.74, 6) is 0. The van der Waals surface area contributed by atoms with Gasteiger partial charge in [0.05, 0.1) is 0 Å². The van der Waals surface area contributed by atoms with E-state index in [0.717, 1.165) is 0 Å². The second kappa shape index (κ2) is 39.8. The van der Waals surface area contributed by atoms with Crippen molar-refractivity contribution in [2.75, 3.05) is 0 Å². The molecule has 0 spiro atoms. The van der Waals surface area contributed by atoms with Crippen LogP contribution in [0.15, 0.2) is 340 Å². The first-order chi connectivity index (χ1) is 38.6. The third kappa shape index (κ3) is 21.5. The third-order valence-electron chi connectivity index (χ3n) is 11.7. The Morgan fingerprint density at radius 3 is 0.425 bits per heavy atom. The minimum absolute atomic E-state index is 0. The SMILES string of the molecule is [Cl][Pd][Cl].[Cl][Pd][Cl].[Fe+2].[Fe+2].c1ccc(P(c2ccccc2)c2cc[cH-]c2)cc1.c1ccc(P(c2ccccc2)c2cc[cH-]c2)cc1.c1ccc(P(c2ccccc2)c2cc[cH-]c2)cc1.c1ccc(P(c2ccccc2)c2cc[cH-]c2)cc1. The monoisotopic (exact) mass is 1460 g/mol. The number of hydrogen-bond donors (Lipinski definition) is 0. The molecule has 80 heavy (non-hydrogen) atoms. The Labute approximate surface area is 533 Å². The Hall–Kier alpha value is -3.60. The molecule has 0 saturated carbocycles. The predicted molar refractivity (Wildman–Crippen MR) is 346 cm³/mol. The fourth-order valence-electron chi connectivity index (χ4n) is 8.46. The standard InChI is InChI=1S/4C17H14P.4ClH.2Fe.2Pd/c4*1-3-9-15(10-4-1)18(17-13-7-8-14-17)16-11-5-2-6-12-16;;;;;;;;/h4*1-14H;4*1H;;;;/q4*-1;;;;;4*+2/p-4. The molecule has 0 aromatic heterocycles. The van der Waals surface area contributed by atoms with Gasteiger partial charge in [-0.25, -0.2) is 24.3 Å². The van der Waals surface area contributed by atoms with Crippen molar-refractivity contribution in [3.8, 4) is 0 Å². The molecule has 12 heteroatoms. The Bertz CT molecular complexity index is 2710. The molecule has 0 aliphatic carbocycles. The Morgan fingerprint density at radius 2 is 0.325 bits per heavy atom. The number of benzene rings is 8. The van der Waals surface area contributed by atoms with Crippen molar-refractivity contribution in [3.63, 3.8) is 0 Å². The first-order valence-electron chi connectivity index (χ1n) is 24.8. The molecule has 0 heterocycles. The average Bonchev–Trinajstić information content (AvgIpc) is 4.40. The molecule has 0 unspecified atom stereocenters. The van der Waals surface area contributed by atoms with E-state index >= 15 is 0 Å². The van der Waals surface area contributed by atoms with Crippen molar-refractivity contribution in [1.82, 2.24) is 0 Å². The van der Waals surface area contributed by atoms with Crippen LogP contribution in [0.25, 0.3) is 0 Å². The molecular formula is C68H56Cl4Fe2P4Pd2. The zero-order valence-corrected chi connectivity index (χ0v) is 54.9. The van der Waals surface area contributed by atoms with E-state index in [-0.39, 0.29) is 66.0 Å². The van der Waals surface area contributed by atoms with Gasteiger partial charge in [0, 0.05) is 0 Å². The molecule has 12 aromatic rings. The van der Waals surface area contributed by atoms with Crippen molar-refractivity contribution >= 4 is 133 Å². The van der Waals surface area contributed by atoms with Gasteiger partial charge in [-0.3, -0.25) is 0 Å². The second-order valence-electron chi connectivity index (χ2n) is 16.7. The van der Waals surface area contributed by atoms with Crippen LogP contribution >= 0.6 is 69.8 Å². The summed E-state index contributed by atoms with van der Waals surface area (Å²) in [6.45, 7) is 0. The van der Waals surface area contributed by atoms with Crippen molar-refractivity contribution in [1.29, 1.82) is 0 Å². The van der Waals surface area contributed by atoms with Crippen LogP contribution in [0.5, 0.6) is 0 Å². The smallest absolute Gasteiger partial charge is 0.206 e. The van der Waals surface area contributed by atoms with Gasteiger partial charge in [-0.1, -0.05) is 274 Å². The van der Waals surface area contributed by atoms with E-state index in [0.29, 0.717) is 0 Å². The van der Waals surface area contributed by atoms with E-state index in [1.165, 1.54) is 63.7 Å². The van der Waals surface area contributed by atoms with Gasteiger partial charge >= 0.3 is 104 Å². The Kier molecular flexibility index (Phi) is 33.4. The molecule has 0 N–H and O–H groups in total. The van der Waals surface area contributed by atoms with Gasteiger partial charge in [0.25, 0.3) is 0 Å². The van der Waals surface area contributed by atoms with Crippen molar-refractivity contribution in [2.24, 2.45) is 0 Å². The first kappa shape index (κ1) is 67.2. The van der Waals surface area contributed by atoms with E-state index in [2.05, 4.69) is 340 Å². The maximum absolute atomic E-state index is 4.81. The van der Waals surface area contributed by atoms with Crippen LogP contribution in [0.1, 0.15) is 0 Å². The zero-order chi connectivity index (χ0) is 54.2. The third-order valence-corrected chi connectivity index (χ3v) is 21.5. The molecular weight excluding hydrogens is 1410 g/mol. The summed E-state index contributed by atoms with van der Waals surface area (Å²) in [6.07, 6.45) is 0. The molecule has 0 amide bonds. The van der Waals surface area contributed by atoms with E-state index in [9.17, 15) is 0 Å². The summed E-state index contributed by atoms with van der Waals surface area (Å²) in [5.41, 5.74) is 0. The van der Waals surface area contributed by atoms with Crippen LogP contribution in [-0.4, -0.2) is 0 Å². The van der Waals surface area contributed by atoms with Crippen LogP contribution in [0, 0.1) is 0 Å². The molecule has 0 aliphatic heterocycles. The van der Waals surface area contributed by atoms with Crippen LogP contribution in [-0.2, 0) is 66.0 Å². The predicted octanol–water partition coefficient (Wildman–Crippen LogP) is 15.4. The molecule has 0 aliphatic rings. The van der Waals surface area contributed by atoms with Gasteiger partial charge in [0.2, 0.25) is 0 Å². The summed E-state index contributed by atoms with van der Waals surface area (Å²) in [7, 11) is 17.6. The largest absolute Gasteiger partial charge is 2.00 e. The molecule has 0 saturated heterocycles. The maximum atomic E-state index is 4.81. The van der Waals surface area contributed by atoms with E-state index in [1.54, 1.807) is 0 Å². The number of hydrogen-bond acceptors (Lipinski definition) is 0. The van der Waals surface area contributed by atoms with Gasteiger partial charge in [-0.2, -0.15) is 94.0 Å². The molecule has 0 atom stereocenters. The molecule has 0 radical (unpaired) electrons. The fourth-order valence-corrected chi connectivity index (χ4v) is 17.7. The average molecular weight is 1460 g/mol. The molecule has 12 aromatic carbocycles. The van der Waals surface area contributed by atoms with Gasteiger partial charge in [0.1, 0.15) is 0 Å². The van der Waals surface area contributed by atoms with Crippen molar-refractivity contribution in [3.05, 3.63) is 340 Å². The maximum Gasteiger partial charge on any atom is 2.00 e. The van der Waals surface area contributed by atoms with Gasteiger partial charge in [0.15, 0.2) is 0 Å². The minimum Gasteiger partial charge on any atom is -0.206 e. The van der Waals surface area contributed by atoms with Gasteiger partial charge < -0.3 is 0 Å². The van der Waals surface area contributed by atoms with Gasteiger partial charge in [-0.05, 0) is 42.4 Å². The topological polar surface area (TPSA) is 0 Å².